The molecule has 3 aromatic rings. The van der Waals surface area contributed by atoms with Gasteiger partial charge >= 0.3 is 0 Å². The molecular formula is C30H30N2O4. The van der Waals surface area contributed by atoms with Gasteiger partial charge in [-0.15, -0.1) is 0 Å². The number of likely N-dealkylation sites (tertiary alicyclic amines) is 1. The monoisotopic (exact) mass is 482 g/mol. The van der Waals surface area contributed by atoms with Crippen LogP contribution in [0.1, 0.15) is 37.1 Å². The molecule has 3 aliphatic rings. The smallest absolute Gasteiger partial charge is 0.239 e. The van der Waals surface area contributed by atoms with E-state index in [4.69, 9.17) is 9.47 Å². The van der Waals surface area contributed by atoms with Gasteiger partial charge in [-0.05, 0) is 37.1 Å². The molecule has 2 amide bonds. The van der Waals surface area contributed by atoms with Crippen molar-refractivity contribution >= 4 is 17.5 Å². The minimum Gasteiger partial charge on any atom is -0.349 e. The normalized spacial score (nSPS) is 29.9. The van der Waals surface area contributed by atoms with Crippen molar-refractivity contribution in [1.82, 2.24) is 4.90 Å². The van der Waals surface area contributed by atoms with Crippen LogP contribution >= 0.6 is 0 Å². The molecule has 0 unspecified atom stereocenters. The maximum Gasteiger partial charge on any atom is 0.239 e. The molecule has 0 spiro atoms. The third-order valence-electron chi connectivity index (χ3n) is 7.65. The van der Waals surface area contributed by atoms with Gasteiger partial charge in [-0.3, -0.25) is 14.5 Å². The van der Waals surface area contributed by atoms with Crippen LogP contribution in [0.4, 0.5) is 5.69 Å². The lowest BCUT2D eigenvalue weighted by Crippen LogP contribution is -2.53. The lowest BCUT2D eigenvalue weighted by molar-refractivity contribution is -0.298. The summed E-state index contributed by atoms with van der Waals surface area (Å²) in [5, 5.41) is 0. The summed E-state index contributed by atoms with van der Waals surface area (Å²) in [5.74, 6) is -1.89. The number of fused-ring (bicyclic) bond motifs is 1. The molecule has 6 rings (SSSR count). The lowest BCUT2D eigenvalue weighted by atomic mass is 9.88. The van der Waals surface area contributed by atoms with Crippen molar-refractivity contribution in [3.05, 3.63) is 102 Å². The minimum atomic E-state index is -0.732. The van der Waals surface area contributed by atoms with Gasteiger partial charge in [0.05, 0.1) is 30.2 Å². The first-order chi connectivity index (χ1) is 17.4. The fourth-order valence-electron chi connectivity index (χ4n) is 6.06. The Kier molecular flexibility index (Phi) is 5.75. The van der Waals surface area contributed by atoms with E-state index < -0.39 is 17.6 Å². The first kappa shape index (κ1) is 23.1. The predicted molar refractivity (Wildman–Crippen MR) is 136 cm³/mol. The van der Waals surface area contributed by atoms with E-state index in [-0.39, 0.29) is 30.0 Å². The largest absolute Gasteiger partial charge is 0.349 e. The van der Waals surface area contributed by atoms with Crippen molar-refractivity contribution < 1.29 is 19.1 Å². The maximum atomic E-state index is 13.9. The number of ether oxygens (including phenoxy) is 2. The highest BCUT2D eigenvalue weighted by atomic mass is 16.7. The van der Waals surface area contributed by atoms with E-state index in [1.165, 1.54) is 4.90 Å². The van der Waals surface area contributed by atoms with Gasteiger partial charge in [0.2, 0.25) is 11.8 Å². The molecule has 184 valence electrons. The minimum absolute atomic E-state index is 0.131. The van der Waals surface area contributed by atoms with Crippen LogP contribution in [0.5, 0.6) is 0 Å². The highest BCUT2D eigenvalue weighted by molar-refractivity contribution is 6.22. The van der Waals surface area contributed by atoms with E-state index >= 15 is 0 Å². The molecule has 0 N–H and O–H groups in total. The molecule has 0 aromatic heterocycles. The molecular weight excluding hydrogens is 452 g/mol. The van der Waals surface area contributed by atoms with Crippen molar-refractivity contribution in [3.8, 4) is 0 Å². The Hall–Kier alpha value is -3.32. The number of imide groups is 1. The second-order valence-corrected chi connectivity index (χ2v) is 10.3. The number of carbonyl (C=O) groups is 2. The van der Waals surface area contributed by atoms with E-state index in [1.807, 2.05) is 80.6 Å². The van der Waals surface area contributed by atoms with Gasteiger partial charge in [-0.25, -0.2) is 4.90 Å². The molecule has 6 nitrogen and oxygen atoms in total. The highest BCUT2D eigenvalue weighted by Crippen LogP contribution is 2.50. The Morgan fingerprint density at radius 1 is 0.778 bits per heavy atom. The number of hydrogen-bond acceptors (Lipinski definition) is 5. The molecule has 0 saturated carbocycles. The van der Waals surface area contributed by atoms with Gasteiger partial charge in [0.1, 0.15) is 6.10 Å². The van der Waals surface area contributed by atoms with Gasteiger partial charge < -0.3 is 9.47 Å². The van der Waals surface area contributed by atoms with Crippen molar-refractivity contribution in [2.24, 2.45) is 11.8 Å². The van der Waals surface area contributed by atoms with Crippen LogP contribution in [-0.2, 0) is 19.1 Å². The number of benzene rings is 3. The summed E-state index contributed by atoms with van der Waals surface area (Å²) in [7, 11) is 0. The SMILES string of the molecule is CC1(C)OC[C@H](N2C[C@@H]3C(=O)N(c4ccccc4)C(=O)[C@@H]3[C@H]2c2ccccc2)[C@H](c2ccccc2)O1. The molecule has 0 bridgehead atoms. The van der Waals surface area contributed by atoms with Gasteiger partial charge in [-0.2, -0.15) is 0 Å². The van der Waals surface area contributed by atoms with Crippen LogP contribution < -0.4 is 4.90 Å². The number of nitrogens with zero attached hydrogens (tertiary/aromatic N) is 2. The number of carbonyl (C=O) groups excluding carboxylic acids is 2. The maximum absolute atomic E-state index is 13.9. The van der Waals surface area contributed by atoms with Crippen molar-refractivity contribution in [2.45, 2.75) is 37.8 Å². The quantitative estimate of drug-likeness (QED) is 0.503. The third kappa shape index (κ3) is 3.86. The molecule has 5 atom stereocenters. The van der Waals surface area contributed by atoms with Crippen LogP contribution in [0.15, 0.2) is 91.0 Å². The Balaban J connectivity index is 1.41. The van der Waals surface area contributed by atoms with Crippen LogP contribution in [0, 0.1) is 11.8 Å². The van der Waals surface area contributed by atoms with E-state index in [0.29, 0.717) is 18.8 Å². The predicted octanol–water partition coefficient (Wildman–Crippen LogP) is 4.74. The zero-order valence-electron chi connectivity index (χ0n) is 20.5. The molecule has 36 heavy (non-hydrogen) atoms. The topological polar surface area (TPSA) is 59.1 Å². The van der Waals surface area contributed by atoms with Crippen LogP contribution in [0.2, 0.25) is 0 Å². The fraction of sp³-hybridized carbons (Fsp3) is 0.333. The molecule has 3 aromatic carbocycles. The van der Waals surface area contributed by atoms with Crippen LogP contribution in [0.3, 0.4) is 0 Å². The van der Waals surface area contributed by atoms with Gasteiger partial charge in [0.15, 0.2) is 5.79 Å². The Bertz CT molecular complexity index is 1250. The summed E-state index contributed by atoms with van der Waals surface area (Å²) in [5.41, 5.74) is 2.72. The Labute approximate surface area is 211 Å². The Morgan fingerprint density at radius 2 is 1.36 bits per heavy atom. The highest BCUT2D eigenvalue weighted by Gasteiger charge is 2.60. The number of anilines is 1. The van der Waals surface area contributed by atoms with E-state index in [1.54, 1.807) is 0 Å². The Morgan fingerprint density at radius 3 is 2.00 bits per heavy atom. The third-order valence-corrected chi connectivity index (χ3v) is 7.65. The zero-order chi connectivity index (χ0) is 24.9. The fourth-order valence-corrected chi connectivity index (χ4v) is 6.06. The second-order valence-electron chi connectivity index (χ2n) is 10.3. The first-order valence-corrected chi connectivity index (χ1v) is 12.5. The van der Waals surface area contributed by atoms with Gasteiger partial charge in [0, 0.05) is 12.6 Å². The molecule has 3 heterocycles. The standard InChI is InChI=1S/C30H30N2O4/c1-30(2)35-19-24(27(36-30)21-14-8-4-9-15-21)31-18-23-25(26(31)20-12-6-3-7-13-20)29(34)32(28(23)33)22-16-10-5-11-17-22/h3-17,23-27H,18-19H2,1-2H3/t23-,24-,25-,26+,27-/m0/s1. The second kappa shape index (κ2) is 8.96. The van der Waals surface area contributed by atoms with E-state index in [0.717, 1.165) is 11.1 Å². The van der Waals surface area contributed by atoms with Crippen LogP contribution in [0.25, 0.3) is 0 Å². The van der Waals surface area contributed by atoms with Crippen LogP contribution in [-0.4, -0.2) is 41.7 Å². The number of hydrogen-bond donors (Lipinski definition) is 0. The molecule has 0 radical (unpaired) electrons. The summed E-state index contributed by atoms with van der Waals surface area (Å²) < 4.78 is 12.6. The van der Waals surface area contributed by atoms with E-state index in [2.05, 4.69) is 29.2 Å². The lowest BCUT2D eigenvalue weighted by Gasteiger charge is -2.46. The molecule has 3 aliphatic heterocycles. The number of para-hydroxylation sites is 1. The molecule has 6 heteroatoms. The molecule has 0 aliphatic carbocycles. The zero-order valence-corrected chi connectivity index (χ0v) is 20.5. The van der Waals surface area contributed by atoms with Gasteiger partial charge in [0.25, 0.3) is 0 Å². The van der Waals surface area contributed by atoms with Crippen molar-refractivity contribution in [3.63, 3.8) is 0 Å². The number of amides is 2. The van der Waals surface area contributed by atoms with Gasteiger partial charge in [-0.1, -0.05) is 78.9 Å². The number of rotatable bonds is 4. The summed E-state index contributed by atoms with van der Waals surface area (Å²) in [6.07, 6.45) is -0.254. The summed E-state index contributed by atoms with van der Waals surface area (Å²) in [6.45, 7) is 4.77. The summed E-state index contributed by atoms with van der Waals surface area (Å²) in [6, 6.07) is 29.0. The summed E-state index contributed by atoms with van der Waals surface area (Å²) in [4.78, 5) is 31.2. The van der Waals surface area contributed by atoms with Crippen molar-refractivity contribution in [1.29, 1.82) is 0 Å². The average Bonchev–Trinajstić information content (AvgIpc) is 3.40. The average molecular weight is 483 g/mol. The molecule has 3 fully saturated rings. The summed E-state index contributed by atoms with van der Waals surface area (Å²) >= 11 is 0. The van der Waals surface area contributed by atoms with Crippen molar-refractivity contribution in [2.75, 3.05) is 18.1 Å². The first-order valence-electron chi connectivity index (χ1n) is 12.5. The van der Waals surface area contributed by atoms with E-state index in [9.17, 15) is 9.59 Å². The molecule has 3 saturated heterocycles.